The second-order valence-electron chi connectivity index (χ2n) is 10.4. The molecule has 3 N–H and O–H groups in total. The highest BCUT2D eigenvalue weighted by molar-refractivity contribution is 7.89. The Bertz CT molecular complexity index is 1550. The molecule has 3 atom stereocenters. The zero-order valence-corrected chi connectivity index (χ0v) is 25.1. The first-order chi connectivity index (χ1) is 20.4. The van der Waals surface area contributed by atoms with Crippen molar-refractivity contribution in [1.29, 1.82) is 0 Å². The normalized spacial score (nSPS) is 17.7. The lowest BCUT2D eigenvalue weighted by atomic mass is 9.99. The summed E-state index contributed by atoms with van der Waals surface area (Å²) in [6.07, 6.45) is -0.697. The van der Waals surface area contributed by atoms with Crippen LogP contribution in [0.1, 0.15) is 24.2 Å². The summed E-state index contributed by atoms with van der Waals surface area (Å²) < 4.78 is 52.3. The summed E-state index contributed by atoms with van der Waals surface area (Å²) in [7, 11) is -1.02. The molecular weight excluding hydrogens is 579 g/mol. The number of fused-ring (bicyclic) bond motifs is 1. The molecule has 0 spiro atoms. The molecule has 3 aromatic rings. The Balaban J connectivity index is 1.59. The van der Waals surface area contributed by atoms with Gasteiger partial charge in [0.25, 0.3) is 5.91 Å². The van der Waals surface area contributed by atoms with E-state index in [0.717, 1.165) is 16.4 Å². The van der Waals surface area contributed by atoms with E-state index in [1.807, 2.05) is 6.92 Å². The number of aliphatic hydroxyl groups is 1. The number of methoxy groups -OCH3 is 1. The first-order valence-electron chi connectivity index (χ1n) is 13.6. The standard InChI is InChI=1S/C30H35FN4O7S/c1-19-16-35(20(2)18-36)29(37)26-15-23(33-30(38)32-22-7-10-24(41-4)11-8-22)9-14-27(26)42-28(19)17-34(3)43(39,40)25-12-5-21(31)6-13-25/h5-15,19-20,28,36H,16-18H2,1-4H3,(H2,32,33,38)/t19-,20+,28-/m0/s1. The van der Waals surface area contributed by atoms with Gasteiger partial charge < -0.3 is 30.1 Å². The molecule has 0 aromatic heterocycles. The van der Waals surface area contributed by atoms with Gasteiger partial charge in [0, 0.05) is 30.9 Å². The number of benzene rings is 3. The lowest BCUT2D eigenvalue weighted by Gasteiger charge is -2.38. The molecule has 13 heteroatoms. The van der Waals surface area contributed by atoms with Crippen molar-refractivity contribution in [3.05, 3.63) is 78.1 Å². The number of carbonyl (C=O) groups excluding carboxylic acids is 2. The second-order valence-corrected chi connectivity index (χ2v) is 12.4. The highest BCUT2D eigenvalue weighted by Gasteiger charge is 2.35. The van der Waals surface area contributed by atoms with Gasteiger partial charge in [0.15, 0.2) is 0 Å². The molecule has 0 unspecified atom stereocenters. The summed E-state index contributed by atoms with van der Waals surface area (Å²) >= 11 is 0. The summed E-state index contributed by atoms with van der Waals surface area (Å²) in [4.78, 5) is 27.8. The summed E-state index contributed by atoms with van der Waals surface area (Å²) in [5.41, 5.74) is 0.992. The van der Waals surface area contributed by atoms with Crippen molar-refractivity contribution < 1.29 is 37.0 Å². The number of anilines is 2. The number of likely N-dealkylation sites (N-methyl/N-ethyl adjacent to an activating group) is 1. The maximum atomic E-state index is 13.7. The van der Waals surface area contributed by atoms with Crippen LogP contribution in [0.2, 0.25) is 0 Å². The number of nitrogens with one attached hydrogen (secondary N) is 2. The first kappa shape index (κ1) is 31.7. The Labute approximate surface area is 250 Å². The minimum Gasteiger partial charge on any atom is -0.497 e. The Morgan fingerprint density at radius 2 is 1.74 bits per heavy atom. The largest absolute Gasteiger partial charge is 0.497 e. The fraction of sp³-hybridized carbons (Fsp3) is 0.333. The molecule has 43 heavy (non-hydrogen) atoms. The van der Waals surface area contributed by atoms with Crippen molar-refractivity contribution in [2.75, 3.05) is 44.5 Å². The van der Waals surface area contributed by atoms with Crippen LogP contribution in [0.15, 0.2) is 71.6 Å². The molecule has 11 nitrogen and oxygen atoms in total. The molecule has 3 amide bonds. The molecule has 0 saturated carbocycles. The highest BCUT2D eigenvalue weighted by Crippen LogP contribution is 2.31. The van der Waals surface area contributed by atoms with Gasteiger partial charge in [0.2, 0.25) is 10.0 Å². The number of carbonyl (C=O) groups is 2. The highest BCUT2D eigenvalue weighted by atomic mass is 32.2. The van der Waals surface area contributed by atoms with Gasteiger partial charge in [-0.2, -0.15) is 4.31 Å². The second kappa shape index (κ2) is 13.4. The van der Waals surface area contributed by atoms with E-state index in [4.69, 9.17) is 9.47 Å². The lowest BCUT2D eigenvalue weighted by Crippen LogP contribution is -2.50. The molecule has 0 aliphatic carbocycles. The van der Waals surface area contributed by atoms with Crippen molar-refractivity contribution in [2.45, 2.75) is 30.9 Å². The fourth-order valence-corrected chi connectivity index (χ4v) is 5.81. The van der Waals surface area contributed by atoms with Crippen LogP contribution >= 0.6 is 0 Å². The molecule has 0 fully saturated rings. The van der Waals surface area contributed by atoms with E-state index in [-0.39, 0.29) is 41.8 Å². The van der Waals surface area contributed by atoms with E-state index in [0.29, 0.717) is 17.1 Å². The van der Waals surface area contributed by atoms with Crippen LogP contribution in [0.5, 0.6) is 11.5 Å². The van der Waals surface area contributed by atoms with Crippen LogP contribution in [-0.2, 0) is 10.0 Å². The summed E-state index contributed by atoms with van der Waals surface area (Å²) in [6.45, 7) is 3.35. The summed E-state index contributed by atoms with van der Waals surface area (Å²) in [5, 5.41) is 15.3. The van der Waals surface area contributed by atoms with Gasteiger partial charge in [0.1, 0.15) is 23.4 Å². The van der Waals surface area contributed by atoms with Crippen LogP contribution in [0.3, 0.4) is 0 Å². The maximum absolute atomic E-state index is 13.7. The molecular formula is C30H35FN4O7S. The quantitative estimate of drug-likeness (QED) is 0.331. The van der Waals surface area contributed by atoms with Gasteiger partial charge in [0.05, 0.1) is 36.8 Å². The van der Waals surface area contributed by atoms with E-state index in [9.17, 15) is 27.5 Å². The molecule has 1 aliphatic rings. The van der Waals surface area contributed by atoms with Crippen molar-refractivity contribution in [3.63, 3.8) is 0 Å². The van der Waals surface area contributed by atoms with Crippen molar-refractivity contribution in [2.24, 2.45) is 5.92 Å². The predicted octanol–water partition coefficient (Wildman–Crippen LogP) is 4.02. The molecule has 3 aromatic carbocycles. The number of hydrogen-bond donors (Lipinski definition) is 3. The number of urea groups is 1. The smallest absolute Gasteiger partial charge is 0.323 e. The topological polar surface area (TPSA) is 138 Å². The first-order valence-corrected chi connectivity index (χ1v) is 15.0. The van der Waals surface area contributed by atoms with Crippen LogP contribution in [0.4, 0.5) is 20.6 Å². The number of rotatable bonds is 9. The van der Waals surface area contributed by atoms with E-state index in [2.05, 4.69) is 10.6 Å². The molecule has 230 valence electrons. The number of hydrogen-bond acceptors (Lipinski definition) is 7. The molecule has 0 saturated heterocycles. The Hall–Kier alpha value is -4.20. The minimum absolute atomic E-state index is 0.0652. The third kappa shape index (κ3) is 7.42. The average Bonchev–Trinajstić information content (AvgIpc) is 2.99. The van der Waals surface area contributed by atoms with Crippen LogP contribution < -0.4 is 20.1 Å². The van der Waals surface area contributed by atoms with Gasteiger partial charge in [-0.05, 0) is 73.7 Å². The minimum atomic E-state index is -3.97. The molecule has 0 bridgehead atoms. The van der Waals surface area contributed by atoms with E-state index in [1.54, 1.807) is 44.4 Å². The van der Waals surface area contributed by atoms with Gasteiger partial charge >= 0.3 is 6.03 Å². The number of aliphatic hydroxyl groups excluding tert-OH is 1. The summed E-state index contributed by atoms with van der Waals surface area (Å²) in [6, 6.07) is 14.8. The lowest BCUT2D eigenvalue weighted by molar-refractivity contribution is 0.0387. The van der Waals surface area contributed by atoms with Crippen LogP contribution in [-0.4, -0.2) is 80.7 Å². The Morgan fingerprint density at radius 1 is 1.12 bits per heavy atom. The van der Waals surface area contributed by atoms with Gasteiger partial charge in [-0.1, -0.05) is 6.92 Å². The zero-order valence-electron chi connectivity index (χ0n) is 24.3. The Morgan fingerprint density at radius 3 is 2.37 bits per heavy atom. The van der Waals surface area contributed by atoms with Crippen molar-refractivity contribution in [3.8, 4) is 11.5 Å². The van der Waals surface area contributed by atoms with Crippen LogP contribution in [0.25, 0.3) is 0 Å². The molecule has 1 aliphatic heterocycles. The number of halogens is 1. The zero-order chi connectivity index (χ0) is 31.3. The third-order valence-corrected chi connectivity index (χ3v) is 9.07. The van der Waals surface area contributed by atoms with Gasteiger partial charge in [-0.15, -0.1) is 0 Å². The summed E-state index contributed by atoms with van der Waals surface area (Å²) in [5.74, 6) is -0.464. The predicted molar refractivity (Wildman–Crippen MR) is 159 cm³/mol. The SMILES string of the molecule is COc1ccc(NC(=O)Nc2ccc3c(c2)C(=O)N([C@H](C)CO)C[C@H](C)[C@H](CN(C)S(=O)(=O)c2ccc(F)cc2)O3)cc1. The van der Waals surface area contributed by atoms with Gasteiger partial charge in [-0.25, -0.2) is 17.6 Å². The average molecular weight is 615 g/mol. The Kier molecular flexibility index (Phi) is 9.89. The number of sulfonamides is 1. The van der Waals surface area contributed by atoms with Crippen molar-refractivity contribution in [1.82, 2.24) is 9.21 Å². The van der Waals surface area contributed by atoms with Crippen molar-refractivity contribution >= 4 is 33.3 Å². The number of nitrogens with zero attached hydrogens (tertiary/aromatic N) is 2. The van der Waals surface area contributed by atoms with E-state index in [1.165, 1.54) is 36.2 Å². The molecule has 1 heterocycles. The van der Waals surface area contributed by atoms with E-state index >= 15 is 0 Å². The molecule has 0 radical (unpaired) electrons. The van der Waals surface area contributed by atoms with Crippen LogP contribution in [0, 0.1) is 11.7 Å². The fourth-order valence-electron chi connectivity index (χ4n) is 4.62. The maximum Gasteiger partial charge on any atom is 0.323 e. The third-order valence-electron chi connectivity index (χ3n) is 7.23. The monoisotopic (exact) mass is 614 g/mol. The van der Waals surface area contributed by atoms with E-state index < -0.39 is 39.9 Å². The molecule has 4 rings (SSSR count). The number of ether oxygens (including phenoxy) is 2. The van der Waals surface area contributed by atoms with Gasteiger partial charge in [-0.3, -0.25) is 4.79 Å². The number of amides is 3.